The van der Waals surface area contributed by atoms with Crippen LogP contribution in [0.15, 0.2) is 42.9 Å². The third-order valence-corrected chi connectivity index (χ3v) is 11.5. The van der Waals surface area contributed by atoms with Crippen molar-refractivity contribution in [2.45, 2.75) is 56.5 Å². The Kier molecular flexibility index (Phi) is 10.2. The minimum atomic E-state index is -4.58. The molecular weight excluding hydrogens is 680 g/mol. The molecule has 1 unspecified atom stereocenters. The molecule has 0 bridgehead atoms. The molecule has 3 aliphatic rings. The first kappa shape index (κ1) is 35.0. The van der Waals surface area contributed by atoms with E-state index in [1.165, 1.54) is 18.9 Å². The number of aromatic nitrogens is 4. The van der Waals surface area contributed by atoms with Gasteiger partial charge < -0.3 is 24.7 Å². The number of nitrogens with zero attached hydrogens (tertiary/aromatic N) is 8. The van der Waals surface area contributed by atoms with Gasteiger partial charge in [0.15, 0.2) is 0 Å². The molecule has 2 aliphatic heterocycles. The average Bonchev–Trinajstić information content (AvgIpc) is 3.93. The summed E-state index contributed by atoms with van der Waals surface area (Å²) in [4.78, 5) is 25.2. The summed E-state index contributed by atoms with van der Waals surface area (Å²) in [6, 6.07) is 7.24. The van der Waals surface area contributed by atoms with Gasteiger partial charge in [-0.1, -0.05) is 16.2 Å². The molecule has 1 saturated carbocycles. The Morgan fingerprint density at radius 3 is 2.38 bits per heavy atom. The van der Waals surface area contributed by atoms with Crippen molar-refractivity contribution in [1.29, 1.82) is 0 Å². The fourth-order valence-electron chi connectivity index (χ4n) is 6.90. The van der Waals surface area contributed by atoms with E-state index in [9.17, 15) is 13.2 Å². The number of benzene rings is 2. The van der Waals surface area contributed by atoms with Gasteiger partial charge in [0, 0.05) is 87.2 Å². The van der Waals surface area contributed by atoms with Gasteiger partial charge in [-0.05, 0) is 80.9 Å². The number of rotatable bonds is 10. The lowest BCUT2D eigenvalue weighted by atomic mass is 9.98. The maximum Gasteiger partial charge on any atom is 0.418 e. The van der Waals surface area contributed by atoms with Crippen molar-refractivity contribution in [2.75, 3.05) is 73.2 Å². The van der Waals surface area contributed by atoms with Gasteiger partial charge in [-0.3, -0.25) is 14.9 Å². The summed E-state index contributed by atoms with van der Waals surface area (Å²) >= 11 is 1.75. The van der Waals surface area contributed by atoms with Gasteiger partial charge in [0.1, 0.15) is 11.3 Å². The smallest absolute Gasteiger partial charge is 0.371 e. The summed E-state index contributed by atoms with van der Waals surface area (Å²) in [6.07, 6.45) is 5.16. The third kappa shape index (κ3) is 7.73. The second-order valence-corrected chi connectivity index (χ2v) is 15.4. The zero-order valence-corrected chi connectivity index (χ0v) is 30.6. The predicted octanol–water partition coefficient (Wildman–Crippen LogP) is 6.45. The molecular formula is C35H44F3N10PS. The normalized spacial score (nSPS) is 18.1. The summed E-state index contributed by atoms with van der Waals surface area (Å²) in [5.41, 5.74) is 3.86. The highest BCUT2D eigenvalue weighted by molar-refractivity contribution is 8.01. The fraction of sp³-hybridized carbons (Fsp3) is 0.486. The number of likely N-dealkylation sites (N-methyl/N-ethyl adjacent to an activating group) is 1. The van der Waals surface area contributed by atoms with Crippen LogP contribution in [0.25, 0.3) is 11.0 Å². The minimum absolute atomic E-state index is 0.0601. The number of fused-ring (bicyclic) bond motifs is 1. The van der Waals surface area contributed by atoms with Gasteiger partial charge in [-0.2, -0.15) is 18.2 Å². The number of hydrogen-bond acceptors (Lipinski definition) is 11. The van der Waals surface area contributed by atoms with E-state index in [1.54, 1.807) is 36.6 Å². The Bertz CT molecular complexity index is 1820. The number of halogens is 3. The molecule has 7 rings (SSSR count). The highest BCUT2D eigenvalue weighted by atomic mass is 32.2. The van der Waals surface area contributed by atoms with E-state index in [4.69, 9.17) is 0 Å². The first-order valence-corrected chi connectivity index (χ1v) is 18.7. The molecule has 0 spiro atoms. The molecule has 4 aromatic rings. The number of aryl methyl sites for hydroxylation is 1. The van der Waals surface area contributed by atoms with Gasteiger partial charge >= 0.3 is 6.18 Å². The Morgan fingerprint density at radius 2 is 1.68 bits per heavy atom. The number of alkyl halides is 3. The molecule has 0 radical (unpaired) electrons. The van der Waals surface area contributed by atoms with Crippen LogP contribution in [0.4, 0.5) is 47.7 Å². The Labute approximate surface area is 298 Å². The SMILES string of the molecule is CCc1cc(Nc2ncc(P)c(Nc3ccc4nccnc4c3N(C)SC3CC3)n2)c(C(F)(F)F)cc1N1CCC(N2CCN(C)CC2)CC1. The number of piperazine rings is 1. The van der Waals surface area contributed by atoms with Crippen LogP contribution in [0.3, 0.4) is 0 Å². The first-order chi connectivity index (χ1) is 24.1. The second kappa shape index (κ2) is 14.7. The van der Waals surface area contributed by atoms with E-state index in [1.807, 2.05) is 26.1 Å². The summed E-state index contributed by atoms with van der Waals surface area (Å²) in [5.74, 6) is 0.515. The minimum Gasteiger partial charge on any atom is -0.371 e. The van der Waals surface area contributed by atoms with E-state index in [0.717, 1.165) is 80.1 Å². The van der Waals surface area contributed by atoms with Crippen LogP contribution in [0.5, 0.6) is 0 Å². The molecule has 3 fully saturated rings. The van der Waals surface area contributed by atoms with Gasteiger partial charge in [-0.15, -0.1) is 0 Å². The first-order valence-electron chi connectivity index (χ1n) is 17.3. The molecule has 0 amide bonds. The lowest BCUT2D eigenvalue weighted by molar-refractivity contribution is -0.136. The summed E-state index contributed by atoms with van der Waals surface area (Å²) in [7, 11) is 6.77. The van der Waals surface area contributed by atoms with Crippen LogP contribution in [0.2, 0.25) is 0 Å². The zero-order chi connectivity index (χ0) is 35.0. The molecule has 2 aromatic carbocycles. The highest BCUT2D eigenvalue weighted by Gasteiger charge is 2.36. The van der Waals surface area contributed by atoms with Crippen molar-refractivity contribution < 1.29 is 13.2 Å². The van der Waals surface area contributed by atoms with Crippen LogP contribution in [-0.4, -0.2) is 94.4 Å². The highest BCUT2D eigenvalue weighted by Crippen LogP contribution is 2.44. The number of hydrogen-bond donors (Lipinski definition) is 2. The Balaban J connectivity index is 1.14. The van der Waals surface area contributed by atoms with Gasteiger partial charge in [0.2, 0.25) is 5.95 Å². The van der Waals surface area contributed by atoms with Crippen molar-refractivity contribution >= 4 is 72.0 Å². The van der Waals surface area contributed by atoms with E-state index < -0.39 is 11.7 Å². The van der Waals surface area contributed by atoms with Crippen LogP contribution < -0.4 is 25.1 Å². The van der Waals surface area contributed by atoms with Crippen LogP contribution in [0, 0.1) is 0 Å². The molecule has 50 heavy (non-hydrogen) atoms. The predicted molar refractivity (Wildman–Crippen MR) is 202 cm³/mol. The van der Waals surface area contributed by atoms with Crippen LogP contribution >= 0.6 is 21.2 Å². The Hall–Kier alpha value is -3.45. The molecule has 1 atom stereocenters. The molecule has 2 N–H and O–H groups in total. The summed E-state index contributed by atoms with van der Waals surface area (Å²) in [6.45, 7) is 7.66. The quantitative estimate of drug-likeness (QED) is 0.140. The largest absolute Gasteiger partial charge is 0.418 e. The van der Waals surface area contributed by atoms with E-state index in [0.29, 0.717) is 34.5 Å². The van der Waals surface area contributed by atoms with Crippen molar-refractivity contribution in [3.63, 3.8) is 0 Å². The third-order valence-electron chi connectivity index (χ3n) is 9.84. The lowest BCUT2D eigenvalue weighted by Crippen LogP contribution is -2.52. The standard InChI is InChI=1S/C35H44F3N10PS/c1-4-22-19-28(25(35(36,37)38)20-29(22)48-13-9-23(10-14-48)47-17-15-45(2)16-18-47)43-34-41-21-30(49)33(44-34)42-27-8-7-26-31(40-12-11-39-26)32(27)46(3)50-24-5-6-24/h7-8,11-12,19-21,23-24H,4-6,9-10,13-18,49H2,1-3H3,(H2,41,42,43,44). The molecule has 266 valence electrons. The van der Waals surface area contributed by atoms with Crippen molar-refractivity contribution in [2.24, 2.45) is 0 Å². The fourth-order valence-corrected chi connectivity index (χ4v) is 8.19. The maximum atomic E-state index is 14.7. The maximum absolute atomic E-state index is 14.7. The van der Waals surface area contributed by atoms with E-state index >= 15 is 0 Å². The number of piperidine rings is 1. The summed E-state index contributed by atoms with van der Waals surface area (Å²) < 4.78 is 46.2. The van der Waals surface area contributed by atoms with Crippen LogP contribution in [0.1, 0.15) is 43.7 Å². The van der Waals surface area contributed by atoms with E-state index in [2.05, 4.69) is 65.9 Å². The number of anilines is 6. The van der Waals surface area contributed by atoms with Crippen molar-refractivity contribution in [3.05, 3.63) is 54.0 Å². The molecule has 2 saturated heterocycles. The average molecular weight is 725 g/mol. The topological polar surface area (TPSA) is 88.6 Å². The van der Waals surface area contributed by atoms with Gasteiger partial charge in [0.05, 0.1) is 28.1 Å². The zero-order valence-electron chi connectivity index (χ0n) is 28.7. The lowest BCUT2D eigenvalue weighted by Gasteiger charge is -2.43. The monoisotopic (exact) mass is 724 g/mol. The summed E-state index contributed by atoms with van der Waals surface area (Å²) in [5, 5.41) is 7.57. The molecule has 4 heterocycles. The number of nitrogens with one attached hydrogen (secondary N) is 2. The second-order valence-electron chi connectivity index (χ2n) is 13.4. The van der Waals surface area contributed by atoms with Gasteiger partial charge in [0.25, 0.3) is 0 Å². The molecule has 1 aliphatic carbocycles. The van der Waals surface area contributed by atoms with Gasteiger partial charge in [-0.25, -0.2) is 4.98 Å². The van der Waals surface area contributed by atoms with Crippen molar-refractivity contribution in [3.8, 4) is 0 Å². The molecule has 2 aromatic heterocycles. The molecule has 10 nitrogen and oxygen atoms in total. The molecule has 15 heteroatoms. The Morgan fingerprint density at radius 1 is 0.940 bits per heavy atom. The van der Waals surface area contributed by atoms with Crippen LogP contribution in [-0.2, 0) is 12.6 Å². The van der Waals surface area contributed by atoms with E-state index in [-0.39, 0.29) is 11.6 Å². The van der Waals surface area contributed by atoms with Crippen molar-refractivity contribution in [1.82, 2.24) is 29.7 Å².